The highest BCUT2D eigenvalue weighted by Crippen LogP contribution is 2.37. The number of carbonyl (C=O) groups excluding carboxylic acids is 3. The van der Waals surface area contributed by atoms with Crippen LogP contribution in [0.4, 0.5) is 16.2 Å². The van der Waals surface area contributed by atoms with Gasteiger partial charge in [-0.05, 0) is 48.4 Å². The van der Waals surface area contributed by atoms with Gasteiger partial charge in [0.2, 0.25) is 5.75 Å². The number of nitrogens with one attached hydrogen (secondary N) is 1. The molecule has 10 nitrogen and oxygen atoms in total. The highest BCUT2D eigenvalue weighted by Gasteiger charge is 2.37. The van der Waals surface area contributed by atoms with Crippen LogP contribution >= 0.6 is 15.9 Å². The summed E-state index contributed by atoms with van der Waals surface area (Å²) in [6.45, 7) is 1.77. The summed E-state index contributed by atoms with van der Waals surface area (Å²) >= 11 is 3.33. The van der Waals surface area contributed by atoms with Crippen LogP contribution in [0, 0.1) is 17.0 Å². The van der Waals surface area contributed by atoms with E-state index >= 15 is 0 Å². The predicted molar refractivity (Wildman–Crippen MR) is 109 cm³/mol. The Morgan fingerprint density at radius 2 is 1.93 bits per heavy atom. The minimum absolute atomic E-state index is 0.0520. The SMILES string of the molecule is COc1cc(C=C2C(=O)NC(=O)N(c3ccc(Br)c(C)c3)C2=O)cc([N+](=O)[O-])c1O. The van der Waals surface area contributed by atoms with Crippen molar-refractivity contribution in [2.45, 2.75) is 6.92 Å². The fraction of sp³-hybridized carbons (Fsp3) is 0.105. The predicted octanol–water partition coefficient (Wildman–Crippen LogP) is 3.05. The first-order chi connectivity index (χ1) is 14.1. The number of rotatable bonds is 4. The number of phenols is 1. The third kappa shape index (κ3) is 3.74. The van der Waals surface area contributed by atoms with E-state index in [0.717, 1.165) is 27.1 Å². The maximum atomic E-state index is 12.9. The lowest BCUT2D eigenvalue weighted by Gasteiger charge is -2.26. The number of carbonyl (C=O) groups is 3. The molecule has 11 heteroatoms. The first-order valence-electron chi connectivity index (χ1n) is 8.37. The molecule has 0 aromatic heterocycles. The Bertz CT molecular complexity index is 1140. The monoisotopic (exact) mass is 475 g/mol. The van der Waals surface area contributed by atoms with E-state index in [4.69, 9.17) is 4.74 Å². The minimum atomic E-state index is -0.954. The number of methoxy groups -OCH3 is 1. The molecule has 0 unspecified atom stereocenters. The van der Waals surface area contributed by atoms with E-state index in [1.54, 1.807) is 19.1 Å². The van der Waals surface area contributed by atoms with Gasteiger partial charge in [-0.3, -0.25) is 25.0 Å². The summed E-state index contributed by atoms with van der Waals surface area (Å²) in [7, 11) is 1.20. The molecule has 30 heavy (non-hydrogen) atoms. The second-order valence-electron chi connectivity index (χ2n) is 6.24. The Balaban J connectivity index is 2.10. The number of benzene rings is 2. The van der Waals surface area contributed by atoms with E-state index in [1.165, 1.54) is 19.2 Å². The maximum absolute atomic E-state index is 12.9. The molecule has 1 aliphatic rings. The molecule has 0 radical (unpaired) electrons. The highest BCUT2D eigenvalue weighted by atomic mass is 79.9. The second kappa shape index (κ2) is 7.95. The first kappa shape index (κ1) is 21.0. The van der Waals surface area contributed by atoms with Crippen LogP contribution in [0.25, 0.3) is 6.08 Å². The molecular weight excluding hydrogens is 462 g/mol. The van der Waals surface area contributed by atoms with Crippen LogP contribution in [-0.2, 0) is 9.59 Å². The van der Waals surface area contributed by atoms with Gasteiger partial charge in [0.05, 0.1) is 17.7 Å². The molecular formula is C19H14BrN3O7. The van der Waals surface area contributed by atoms with Crippen LogP contribution < -0.4 is 15.0 Å². The lowest BCUT2D eigenvalue weighted by atomic mass is 10.1. The summed E-state index contributed by atoms with van der Waals surface area (Å²) in [6.07, 6.45) is 1.08. The van der Waals surface area contributed by atoms with E-state index in [9.17, 15) is 29.6 Å². The van der Waals surface area contributed by atoms with Crippen LogP contribution in [-0.4, -0.2) is 35.0 Å². The number of anilines is 1. The maximum Gasteiger partial charge on any atom is 0.335 e. The number of phenolic OH excluding ortho intramolecular Hbond substituents is 1. The van der Waals surface area contributed by atoms with Crippen LogP contribution in [0.15, 0.2) is 40.4 Å². The zero-order valence-electron chi connectivity index (χ0n) is 15.6. The Morgan fingerprint density at radius 1 is 1.23 bits per heavy atom. The average molecular weight is 476 g/mol. The fourth-order valence-corrected chi connectivity index (χ4v) is 3.07. The van der Waals surface area contributed by atoms with Crippen molar-refractivity contribution in [3.05, 3.63) is 61.6 Å². The summed E-state index contributed by atoms with van der Waals surface area (Å²) in [5.74, 6) is -2.76. The molecule has 4 amide bonds. The third-order valence-corrected chi connectivity index (χ3v) is 5.20. The molecule has 0 spiro atoms. The number of halogens is 1. The number of imide groups is 2. The summed E-state index contributed by atoms with van der Waals surface area (Å²) in [5, 5.41) is 23.1. The van der Waals surface area contributed by atoms with Crippen molar-refractivity contribution >= 4 is 51.2 Å². The largest absolute Gasteiger partial charge is 0.500 e. The Labute approximate surface area is 178 Å². The van der Waals surface area contributed by atoms with Crippen molar-refractivity contribution in [3.8, 4) is 11.5 Å². The fourth-order valence-electron chi connectivity index (χ4n) is 2.82. The van der Waals surface area contributed by atoms with Gasteiger partial charge in [-0.2, -0.15) is 0 Å². The van der Waals surface area contributed by atoms with Crippen LogP contribution in [0.1, 0.15) is 11.1 Å². The Kier molecular flexibility index (Phi) is 5.56. The number of nitro groups is 1. The average Bonchev–Trinajstić information content (AvgIpc) is 2.68. The van der Waals surface area contributed by atoms with Crippen LogP contribution in [0.5, 0.6) is 11.5 Å². The standard InChI is InChI=1S/C19H14BrN3O7/c1-9-5-11(3-4-13(9)20)22-18(26)12(17(25)21-19(22)27)6-10-7-14(23(28)29)16(24)15(8-10)30-2/h3-8,24H,1-2H3,(H,21,25,27). The molecule has 2 N–H and O–H groups in total. The Morgan fingerprint density at radius 3 is 2.53 bits per heavy atom. The topological polar surface area (TPSA) is 139 Å². The molecule has 1 heterocycles. The number of hydrogen-bond donors (Lipinski definition) is 2. The van der Waals surface area contributed by atoms with Crippen molar-refractivity contribution in [1.29, 1.82) is 0 Å². The van der Waals surface area contributed by atoms with Gasteiger partial charge in [0.1, 0.15) is 5.57 Å². The minimum Gasteiger partial charge on any atom is -0.500 e. The lowest BCUT2D eigenvalue weighted by Crippen LogP contribution is -2.54. The van der Waals surface area contributed by atoms with Gasteiger partial charge >= 0.3 is 11.7 Å². The molecule has 1 fully saturated rings. The van der Waals surface area contributed by atoms with Gasteiger partial charge < -0.3 is 9.84 Å². The normalized spacial score (nSPS) is 15.4. The molecule has 1 saturated heterocycles. The molecule has 1 aliphatic heterocycles. The number of ether oxygens (including phenoxy) is 1. The number of hydrogen-bond acceptors (Lipinski definition) is 7. The number of urea groups is 1. The molecule has 0 atom stereocenters. The smallest absolute Gasteiger partial charge is 0.335 e. The van der Waals surface area contributed by atoms with Crippen molar-refractivity contribution in [1.82, 2.24) is 5.32 Å². The first-order valence-corrected chi connectivity index (χ1v) is 9.16. The van der Waals surface area contributed by atoms with E-state index < -0.39 is 39.8 Å². The number of aromatic hydroxyl groups is 1. The highest BCUT2D eigenvalue weighted by molar-refractivity contribution is 9.10. The lowest BCUT2D eigenvalue weighted by molar-refractivity contribution is -0.386. The summed E-state index contributed by atoms with van der Waals surface area (Å²) < 4.78 is 5.68. The summed E-state index contributed by atoms with van der Waals surface area (Å²) in [4.78, 5) is 48.6. The van der Waals surface area contributed by atoms with Crippen LogP contribution in [0.3, 0.4) is 0 Å². The van der Waals surface area contributed by atoms with Gasteiger partial charge in [-0.25, -0.2) is 9.69 Å². The number of nitrogens with zero attached hydrogens (tertiary/aromatic N) is 2. The van der Waals surface area contributed by atoms with E-state index in [-0.39, 0.29) is 17.0 Å². The second-order valence-corrected chi connectivity index (χ2v) is 7.09. The van der Waals surface area contributed by atoms with Gasteiger partial charge in [-0.15, -0.1) is 0 Å². The number of barbiturate groups is 1. The summed E-state index contributed by atoms with van der Waals surface area (Å²) in [5.41, 5.74) is -0.0324. The quantitative estimate of drug-likeness (QED) is 0.299. The van der Waals surface area contributed by atoms with E-state index in [1.807, 2.05) is 0 Å². The molecule has 0 bridgehead atoms. The molecule has 2 aromatic rings. The van der Waals surface area contributed by atoms with Gasteiger partial charge in [0.15, 0.2) is 5.75 Å². The molecule has 0 aliphatic carbocycles. The van der Waals surface area contributed by atoms with Crippen LogP contribution in [0.2, 0.25) is 0 Å². The Hall–Kier alpha value is -3.73. The molecule has 2 aromatic carbocycles. The number of aryl methyl sites for hydroxylation is 1. The third-order valence-electron chi connectivity index (χ3n) is 4.31. The van der Waals surface area contributed by atoms with E-state index in [2.05, 4.69) is 21.2 Å². The van der Waals surface area contributed by atoms with Gasteiger partial charge in [0.25, 0.3) is 11.8 Å². The molecule has 154 valence electrons. The van der Waals surface area contributed by atoms with Gasteiger partial charge in [0, 0.05) is 10.5 Å². The number of amides is 4. The number of nitro benzene ring substituents is 1. The van der Waals surface area contributed by atoms with Gasteiger partial charge in [-0.1, -0.05) is 15.9 Å². The van der Waals surface area contributed by atoms with Crippen molar-refractivity contribution < 1.29 is 29.2 Å². The van der Waals surface area contributed by atoms with Crippen molar-refractivity contribution in [2.75, 3.05) is 12.0 Å². The van der Waals surface area contributed by atoms with Crippen molar-refractivity contribution in [3.63, 3.8) is 0 Å². The zero-order chi connectivity index (χ0) is 22.2. The van der Waals surface area contributed by atoms with Crippen molar-refractivity contribution in [2.24, 2.45) is 0 Å². The van der Waals surface area contributed by atoms with E-state index in [0.29, 0.717) is 0 Å². The molecule has 0 saturated carbocycles. The molecule has 3 rings (SSSR count). The zero-order valence-corrected chi connectivity index (χ0v) is 17.2. The summed E-state index contributed by atoms with van der Waals surface area (Å²) in [6, 6.07) is 6.05.